The van der Waals surface area contributed by atoms with Crippen molar-refractivity contribution in [3.63, 3.8) is 0 Å². The van der Waals surface area contributed by atoms with Crippen LogP contribution in [0.15, 0.2) is 5.38 Å². The zero-order chi connectivity index (χ0) is 14.0. The quantitative estimate of drug-likeness (QED) is 0.899. The van der Waals surface area contributed by atoms with Gasteiger partial charge in [0.05, 0.1) is 5.01 Å². The summed E-state index contributed by atoms with van der Waals surface area (Å²) in [7, 11) is 0. The molecule has 0 aliphatic carbocycles. The highest BCUT2D eigenvalue weighted by Gasteiger charge is 2.36. The Labute approximate surface area is 117 Å². The number of aromatic nitrogens is 1. The van der Waals surface area contributed by atoms with Gasteiger partial charge in [-0.05, 0) is 20.3 Å². The van der Waals surface area contributed by atoms with Gasteiger partial charge in [0.15, 0.2) is 0 Å². The molecule has 5 nitrogen and oxygen atoms in total. The summed E-state index contributed by atoms with van der Waals surface area (Å²) in [5.41, 5.74) is 1.00. The molecule has 1 aliphatic heterocycles. The van der Waals surface area contributed by atoms with E-state index in [4.69, 9.17) is 0 Å². The zero-order valence-electron chi connectivity index (χ0n) is 11.5. The van der Waals surface area contributed by atoms with E-state index in [2.05, 4.69) is 10.3 Å². The summed E-state index contributed by atoms with van der Waals surface area (Å²) in [6.07, 6.45) is 1.34. The van der Waals surface area contributed by atoms with Gasteiger partial charge in [-0.1, -0.05) is 6.92 Å². The van der Waals surface area contributed by atoms with Crippen LogP contribution in [0.3, 0.4) is 0 Å². The highest BCUT2D eigenvalue weighted by Crippen LogP contribution is 2.15. The molecule has 0 bridgehead atoms. The number of hydrogen-bond donors (Lipinski definition) is 1. The predicted octanol–water partition coefficient (Wildman–Crippen LogP) is 1.12. The van der Waals surface area contributed by atoms with E-state index in [1.165, 1.54) is 0 Å². The Morgan fingerprint density at radius 1 is 1.47 bits per heavy atom. The van der Waals surface area contributed by atoms with E-state index in [1.54, 1.807) is 23.2 Å². The van der Waals surface area contributed by atoms with Crippen LogP contribution in [0.1, 0.15) is 31.0 Å². The third kappa shape index (κ3) is 2.94. The first-order valence-electron chi connectivity index (χ1n) is 6.54. The molecular weight excluding hydrogens is 262 g/mol. The third-order valence-electron chi connectivity index (χ3n) is 3.39. The van der Waals surface area contributed by atoms with Crippen molar-refractivity contribution >= 4 is 23.2 Å². The first-order valence-corrected chi connectivity index (χ1v) is 7.42. The maximum atomic E-state index is 12.2. The highest BCUT2D eigenvalue weighted by atomic mass is 32.1. The molecule has 0 radical (unpaired) electrons. The summed E-state index contributed by atoms with van der Waals surface area (Å²) in [6.45, 7) is 6.18. The number of nitrogens with one attached hydrogen (secondary N) is 1. The lowest BCUT2D eigenvalue weighted by atomic mass is 10.1. The lowest BCUT2D eigenvalue weighted by Gasteiger charge is -2.37. The fourth-order valence-electron chi connectivity index (χ4n) is 2.20. The van der Waals surface area contributed by atoms with E-state index in [1.807, 2.05) is 19.2 Å². The zero-order valence-corrected chi connectivity index (χ0v) is 12.3. The number of aryl methyl sites for hydroxylation is 1. The van der Waals surface area contributed by atoms with Crippen molar-refractivity contribution in [1.82, 2.24) is 15.2 Å². The van der Waals surface area contributed by atoms with Gasteiger partial charge in [0, 0.05) is 24.0 Å². The Morgan fingerprint density at radius 2 is 2.21 bits per heavy atom. The number of thiazole rings is 1. The van der Waals surface area contributed by atoms with Crippen molar-refractivity contribution in [3.8, 4) is 0 Å². The van der Waals surface area contributed by atoms with E-state index < -0.39 is 6.04 Å². The minimum Gasteiger partial charge on any atom is -0.343 e. The monoisotopic (exact) mass is 281 g/mol. The Kier molecular flexibility index (Phi) is 4.19. The van der Waals surface area contributed by atoms with Crippen LogP contribution < -0.4 is 5.32 Å². The molecule has 2 unspecified atom stereocenters. The maximum Gasteiger partial charge on any atom is 0.245 e. The van der Waals surface area contributed by atoms with Gasteiger partial charge in [0.1, 0.15) is 12.1 Å². The molecule has 1 saturated heterocycles. The Morgan fingerprint density at radius 3 is 2.79 bits per heavy atom. The highest BCUT2D eigenvalue weighted by molar-refractivity contribution is 7.09. The van der Waals surface area contributed by atoms with Gasteiger partial charge < -0.3 is 10.2 Å². The molecule has 2 amide bonds. The number of piperazine rings is 1. The lowest BCUT2D eigenvalue weighted by Crippen LogP contribution is -2.62. The van der Waals surface area contributed by atoms with Crippen LogP contribution in [-0.2, 0) is 16.0 Å². The van der Waals surface area contributed by atoms with Crippen molar-refractivity contribution < 1.29 is 9.59 Å². The summed E-state index contributed by atoms with van der Waals surface area (Å²) in [4.78, 5) is 30.1. The maximum absolute atomic E-state index is 12.2. The van der Waals surface area contributed by atoms with Gasteiger partial charge in [-0.25, -0.2) is 4.98 Å². The van der Waals surface area contributed by atoms with Crippen LogP contribution in [0.2, 0.25) is 0 Å². The SMILES string of the molecule is CCC1NC(=O)C(C)N(CCc2nc(C)cs2)C1=O. The minimum absolute atomic E-state index is 0.0166. The number of carbonyl (C=O) groups excluding carboxylic acids is 2. The largest absolute Gasteiger partial charge is 0.343 e. The van der Waals surface area contributed by atoms with E-state index in [0.717, 1.165) is 10.7 Å². The van der Waals surface area contributed by atoms with Crippen molar-refractivity contribution in [3.05, 3.63) is 16.1 Å². The van der Waals surface area contributed by atoms with E-state index >= 15 is 0 Å². The lowest BCUT2D eigenvalue weighted by molar-refractivity contribution is -0.148. The standard InChI is InChI=1S/C13H19N3O2S/c1-4-10-13(18)16(9(3)12(17)15-10)6-5-11-14-8(2)7-19-11/h7,9-10H,4-6H2,1-3H3,(H,15,17). The van der Waals surface area contributed by atoms with Gasteiger partial charge in [-0.3, -0.25) is 9.59 Å². The van der Waals surface area contributed by atoms with Crippen LogP contribution in [-0.4, -0.2) is 40.3 Å². The van der Waals surface area contributed by atoms with Crippen molar-refractivity contribution in [2.45, 2.75) is 45.7 Å². The summed E-state index contributed by atoms with van der Waals surface area (Å²) in [5.74, 6) is -0.0513. The average molecular weight is 281 g/mol. The average Bonchev–Trinajstić information content (AvgIpc) is 2.79. The molecule has 2 heterocycles. The van der Waals surface area contributed by atoms with Crippen molar-refractivity contribution in [2.75, 3.05) is 6.54 Å². The van der Waals surface area contributed by atoms with Gasteiger partial charge >= 0.3 is 0 Å². The van der Waals surface area contributed by atoms with Crippen LogP contribution in [0, 0.1) is 6.92 Å². The van der Waals surface area contributed by atoms with Crippen LogP contribution in [0.4, 0.5) is 0 Å². The molecule has 1 aromatic heterocycles. The number of nitrogens with zero attached hydrogens (tertiary/aromatic N) is 2. The van der Waals surface area contributed by atoms with Gasteiger partial charge in [0.2, 0.25) is 11.8 Å². The second-order valence-electron chi connectivity index (χ2n) is 4.81. The van der Waals surface area contributed by atoms with Crippen LogP contribution in [0.25, 0.3) is 0 Å². The van der Waals surface area contributed by atoms with E-state index in [0.29, 0.717) is 19.4 Å². The van der Waals surface area contributed by atoms with Gasteiger partial charge in [0.25, 0.3) is 0 Å². The minimum atomic E-state index is -0.392. The molecule has 1 N–H and O–H groups in total. The molecular formula is C13H19N3O2S. The fourth-order valence-corrected chi connectivity index (χ4v) is 2.97. The van der Waals surface area contributed by atoms with E-state index in [9.17, 15) is 9.59 Å². The molecule has 0 aromatic carbocycles. The molecule has 19 heavy (non-hydrogen) atoms. The predicted molar refractivity (Wildman–Crippen MR) is 74.0 cm³/mol. The number of hydrogen-bond acceptors (Lipinski definition) is 4. The molecule has 1 aromatic rings. The molecule has 1 fully saturated rings. The van der Waals surface area contributed by atoms with Crippen molar-refractivity contribution in [1.29, 1.82) is 0 Å². The molecule has 2 rings (SSSR count). The Hall–Kier alpha value is -1.43. The summed E-state index contributed by atoms with van der Waals surface area (Å²) >= 11 is 1.60. The van der Waals surface area contributed by atoms with Gasteiger partial charge in [-0.15, -0.1) is 11.3 Å². The normalized spacial score (nSPS) is 23.6. The second-order valence-corrected chi connectivity index (χ2v) is 5.75. The van der Waals surface area contributed by atoms with Crippen molar-refractivity contribution in [2.24, 2.45) is 0 Å². The Balaban J connectivity index is 2.03. The first kappa shape index (κ1) is 14.0. The molecule has 104 valence electrons. The fraction of sp³-hybridized carbons (Fsp3) is 0.615. The van der Waals surface area contributed by atoms with Crippen LogP contribution >= 0.6 is 11.3 Å². The van der Waals surface area contributed by atoms with Gasteiger partial charge in [-0.2, -0.15) is 0 Å². The Bertz CT molecular complexity index is 486. The third-order valence-corrected chi connectivity index (χ3v) is 4.41. The summed E-state index contributed by atoms with van der Waals surface area (Å²) in [6, 6.07) is -0.766. The second kappa shape index (κ2) is 5.69. The molecule has 0 spiro atoms. The molecule has 1 aliphatic rings. The van der Waals surface area contributed by atoms with E-state index in [-0.39, 0.29) is 17.9 Å². The summed E-state index contributed by atoms with van der Waals surface area (Å²) in [5, 5.41) is 5.76. The number of amides is 2. The summed E-state index contributed by atoms with van der Waals surface area (Å²) < 4.78 is 0. The number of rotatable bonds is 4. The first-order chi connectivity index (χ1) is 9.02. The smallest absolute Gasteiger partial charge is 0.245 e. The topological polar surface area (TPSA) is 62.3 Å². The molecule has 6 heteroatoms. The molecule has 0 saturated carbocycles. The number of carbonyl (C=O) groups is 2. The van der Waals surface area contributed by atoms with Crippen LogP contribution in [0.5, 0.6) is 0 Å². The molecule has 2 atom stereocenters.